The van der Waals surface area contributed by atoms with E-state index in [1.165, 1.54) is 24.3 Å². The van der Waals surface area contributed by atoms with Crippen LogP contribution in [-0.2, 0) is 10.1 Å². The van der Waals surface area contributed by atoms with E-state index in [2.05, 4.69) is 5.32 Å². The van der Waals surface area contributed by atoms with E-state index in [4.69, 9.17) is 10.3 Å². The number of anilines is 1. The highest BCUT2D eigenvalue weighted by Gasteiger charge is 2.13. The minimum absolute atomic E-state index is 0.318. The van der Waals surface area contributed by atoms with Crippen molar-refractivity contribution in [1.82, 2.24) is 0 Å². The molecule has 0 unspecified atom stereocenters. The third-order valence-corrected chi connectivity index (χ3v) is 3.30. The molecule has 0 aromatic heterocycles. The van der Waals surface area contributed by atoms with Gasteiger partial charge in [0.05, 0.1) is 4.90 Å². The average molecular weight is 282 g/mol. The molecular weight excluding hydrogens is 272 g/mol. The van der Waals surface area contributed by atoms with E-state index in [0.29, 0.717) is 16.5 Å². The molecule has 0 saturated heterocycles. The van der Waals surface area contributed by atoms with Crippen LogP contribution in [0.15, 0.2) is 35.2 Å². The van der Waals surface area contributed by atoms with Crippen molar-refractivity contribution >= 4 is 32.6 Å². The summed E-state index contributed by atoms with van der Waals surface area (Å²) >= 11 is 0. The van der Waals surface area contributed by atoms with Crippen molar-refractivity contribution in [2.75, 3.05) is 5.32 Å². The SMILES string of the molecule is NC(=O)Nc1ccc2cc(S(=O)(=O)O)cc(O)c2c1. The number of phenolic OH excluding ortho intramolecular Hbond substituents is 1. The van der Waals surface area contributed by atoms with E-state index in [1.54, 1.807) is 0 Å². The number of nitrogens with two attached hydrogens (primary N) is 1. The molecule has 2 rings (SSSR count). The first-order chi connectivity index (χ1) is 8.77. The number of phenols is 1. The molecule has 0 spiro atoms. The number of amides is 2. The zero-order valence-corrected chi connectivity index (χ0v) is 10.3. The molecule has 19 heavy (non-hydrogen) atoms. The summed E-state index contributed by atoms with van der Waals surface area (Å²) in [7, 11) is -4.40. The number of fused-ring (bicyclic) bond motifs is 1. The zero-order chi connectivity index (χ0) is 14.2. The Hall–Kier alpha value is -2.32. The average Bonchev–Trinajstić information content (AvgIpc) is 2.27. The molecule has 0 saturated carbocycles. The van der Waals surface area contributed by atoms with Crippen LogP contribution in [0.2, 0.25) is 0 Å². The van der Waals surface area contributed by atoms with Crippen LogP contribution in [0.3, 0.4) is 0 Å². The van der Waals surface area contributed by atoms with E-state index in [-0.39, 0.29) is 5.75 Å². The van der Waals surface area contributed by atoms with E-state index >= 15 is 0 Å². The maximum absolute atomic E-state index is 11.0. The molecule has 0 aliphatic heterocycles. The maximum atomic E-state index is 11.0. The molecule has 0 atom stereocenters. The quantitative estimate of drug-likeness (QED) is 0.616. The number of benzene rings is 2. The van der Waals surface area contributed by atoms with Gasteiger partial charge >= 0.3 is 6.03 Å². The van der Waals surface area contributed by atoms with Gasteiger partial charge in [-0.3, -0.25) is 4.55 Å². The smallest absolute Gasteiger partial charge is 0.316 e. The van der Waals surface area contributed by atoms with E-state index in [9.17, 15) is 18.3 Å². The number of urea groups is 1. The van der Waals surface area contributed by atoms with Gasteiger partial charge in [-0.25, -0.2) is 4.79 Å². The summed E-state index contributed by atoms with van der Waals surface area (Å²) in [5, 5.41) is 12.8. The Labute approximate surface area is 108 Å². The van der Waals surface area contributed by atoms with Gasteiger partial charge in [0.2, 0.25) is 0 Å². The summed E-state index contributed by atoms with van der Waals surface area (Å²) in [5.41, 5.74) is 5.32. The molecule has 0 aliphatic rings. The number of hydrogen-bond donors (Lipinski definition) is 4. The van der Waals surface area contributed by atoms with Gasteiger partial charge in [-0.05, 0) is 23.6 Å². The van der Waals surface area contributed by atoms with Crippen LogP contribution in [-0.4, -0.2) is 24.1 Å². The monoisotopic (exact) mass is 282 g/mol. The first kappa shape index (κ1) is 13.1. The number of nitrogens with one attached hydrogen (secondary N) is 1. The fourth-order valence-corrected chi connectivity index (χ4v) is 2.22. The van der Waals surface area contributed by atoms with Crippen LogP contribution in [0.25, 0.3) is 10.8 Å². The van der Waals surface area contributed by atoms with Gasteiger partial charge < -0.3 is 16.2 Å². The van der Waals surface area contributed by atoms with Gasteiger partial charge in [0.25, 0.3) is 10.1 Å². The predicted molar refractivity (Wildman–Crippen MR) is 68.6 cm³/mol. The van der Waals surface area contributed by atoms with Crippen molar-refractivity contribution in [3.63, 3.8) is 0 Å². The molecule has 0 aliphatic carbocycles. The summed E-state index contributed by atoms with van der Waals surface area (Å²) in [5.74, 6) is -0.335. The standard InChI is InChI=1S/C11H10N2O5S/c12-11(15)13-7-2-1-6-3-8(19(16,17)18)5-10(14)9(6)4-7/h1-5,14H,(H3,12,13,15)(H,16,17,18). The molecular formula is C11H10N2O5S. The number of carbonyl (C=O) groups is 1. The predicted octanol–water partition coefficient (Wildman–Crippen LogP) is 1.28. The molecule has 0 radical (unpaired) electrons. The second-order valence-electron chi connectivity index (χ2n) is 3.84. The first-order valence-corrected chi connectivity index (χ1v) is 6.52. The number of carbonyl (C=O) groups excluding carboxylic acids is 1. The molecule has 0 heterocycles. The highest BCUT2D eigenvalue weighted by Crippen LogP contribution is 2.30. The number of primary amides is 1. The van der Waals surface area contributed by atoms with E-state index in [0.717, 1.165) is 6.07 Å². The lowest BCUT2D eigenvalue weighted by Gasteiger charge is -2.07. The minimum Gasteiger partial charge on any atom is -0.507 e. The van der Waals surface area contributed by atoms with Crippen molar-refractivity contribution in [2.45, 2.75) is 4.90 Å². The van der Waals surface area contributed by atoms with E-state index in [1.807, 2.05) is 0 Å². The normalized spacial score (nSPS) is 11.4. The summed E-state index contributed by atoms with van der Waals surface area (Å²) in [6.07, 6.45) is 0. The Bertz CT molecular complexity index is 770. The number of hydrogen-bond acceptors (Lipinski definition) is 4. The van der Waals surface area contributed by atoms with Gasteiger partial charge in [0, 0.05) is 17.1 Å². The molecule has 0 bridgehead atoms. The van der Waals surface area contributed by atoms with Crippen LogP contribution < -0.4 is 11.1 Å². The Kier molecular flexibility index (Phi) is 3.05. The van der Waals surface area contributed by atoms with Crippen LogP contribution in [0, 0.1) is 0 Å². The Morgan fingerprint density at radius 2 is 1.89 bits per heavy atom. The number of rotatable bonds is 2. The van der Waals surface area contributed by atoms with Crippen molar-refractivity contribution < 1.29 is 22.9 Å². The lowest BCUT2D eigenvalue weighted by atomic mass is 10.1. The van der Waals surface area contributed by atoms with Crippen LogP contribution in [0.5, 0.6) is 5.75 Å². The Morgan fingerprint density at radius 1 is 1.21 bits per heavy atom. The summed E-state index contributed by atoms with van der Waals surface area (Å²) < 4.78 is 31.0. The van der Waals surface area contributed by atoms with E-state index < -0.39 is 21.0 Å². The van der Waals surface area contributed by atoms with Crippen molar-refractivity contribution in [1.29, 1.82) is 0 Å². The molecule has 2 amide bonds. The fourth-order valence-electron chi connectivity index (χ4n) is 1.68. The van der Waals surface area contributed by atoms with Gasteiger partial charge in [0.1, 0.15) is 5.75 Å². The second kappa shape index (κ2) is 4.41. The molecule has 5 N–H and O–H groups in total. The van der Waals surface area contributed by atoms with Gasteiger partial charge in [-0.1, -0.05) is 6.07 Å². The van der Waals surface area contributed by atoms with Crippen LogP contribution in [0.4, 0.5) is 10.5 Å². The molecule has 2 aromatic carbocycles. The zero-order valence-electron chi connectivity index (χ0n) is 9.49. The largest absolute Gasteiger partial charge is 0.507 e. The number of aromatic hydroxyl groups is 1. The van der Waals surface area contributed by atoms with Gasteiger partial charge in [-0.2, -0.15) is 8.42 Å². The highest BCUT2D eigenvalue weighted by molar-refractivity contribution is 7.85. The lowest BCUT2D eigenvalue weighted by Crippen LogP contribution is -2.19. The van der Waals surface area contributed by atoms with Crippen LogP contribution >= 0.6 is 0 Å². The summed E-state index contributed by atoms with van der Waals surface area (Å²) in [6.45, 7) is 0. The fraction of sp³-hybridized carbons (Fsp3) is 0. The third-order valence-electron chi connectivity index (χ3n) is 2.47. The topological polar surface area (TPSA) is 130 Å². The molecule has 8 heteroatoms. The highest BCUT2D eigenvalue weighted by atomic mass is 32.2. The minimum atomic E-state index is -4.40. The first-order valence-electron chi connectivity index (χ1n) is 5.08. The molecule has 7 nitrogen and oxygen atoms in total. The summed E-state index contributed by atoms with van der Waals surface area (Å²) in [4.78, 5) is 10.3. The second-order valence-corrected chi connectivity index (χ2v) is 5.26. The van der Waals surface area contributed by atoms with Crippen molar-refractivity contribution in [3.8, 4) is 5.75 Å². The van der Waals surface area contributed by atoms with Crippen LogP contribution in [0.1, 0.15) is 0 Å². The van der Waals surface area contributed by atoms with Crippen molar-refractivity contribution in [3.05, 3.63) is 30.3 Å². The molecule has 100 valence electrons. The van der Waals surface area contributed by atoms with Gasteiger partial charge in [-0.15, -0.1) is 0 Å². The molecule has 0 fully saturated rings. The van der Waals surface area contributed by atoms with Crippen molar-refractivity contribution in [2.24, 2.45) is 5.73 Å². The molecule has 2 aromatic rings. The lowest BCUT2D eigenvalue weighted by molar-refractivity contribution is 0.259. The Balaban J connectivity index is 2.63. The maximum Gasteiger partial charge on any atom is 0.316 e. The Morgan fingerprint density at radius 3 is 2.47 bits per heavy atom. The van der Waals surface area contributed by atoms with Gasteiger partial charge in [0.15, 0.2) is 0 Å². The third kappa shape index (κ3) is 2.75. The summed E-state index contributed by atoms with van der Waals surface area (Å²) in [6, 6.07) is 5.77.